The Labute approximate surface area is 290 Å². The van der Waals surface area contributed by atoms with Crippen LogP contribution < -0.4 is 0 Å². The lowest BCUT2D eigenvalue weighted by Gasteiger charge is -2.16. The summed E-state index contributed by atoms with van der Waals surface area (Å²) in [5.41, 5.74) is 9.31. The number of fused-ring (bicyclic) bond motifs is 13. The molecule has 0 aliphatic carbocycles. The molecular weight excluding hydrogens is 605 g/mol. The van der Waals surface area contributed by atoms with Gasteiger partial charge in [-0.25, -0.2) is 0 Å². The van der Waals surface area contributed by atoms with Gasteiger partial charge >= 0.3 is 0 Å². The molecule has 0 saturated heterocycles. The highest BCUT2D eigenvalue weighted by atomic mass is 16.3. The quantitative estimate of drug-likeness (QED) is 0.175. The molecule has 1 heteroatoms. The largest absolute Gasteiger partial charge is 0.455 e. The molecule has 0 unspecified atom stereocenters. The molecule has 0 atom stereocenters. The highest BCUT2D eigenvalue weighted by molar-refractivity contribution is 6.32. The van der Waals surface area contributed by atoms with Crippen molar-refractivity contribution in [2.75, 3.05) is 0 Å². The normalized spacial score (nSPS) is 12.2. The zero-order valence-corrected chi connectivity index (χ0v) is 28.1. The van der Waals surface area contributed by atoms with Crippen LogP contribution in [0.15, 0.2) is 156 Å². The van der Waals surface area contributed by atoms with Gasteiger partial charge in [0.2, 0.25) is 0 Å². The van der Waals surface area contributed by atoms with Gasteiger partial charge in [-0.3, -0.25) is 0 Å². The average molecular weight is 639 g/mol. The van der Waals surface area contributed by atoms with Crippen LogP contribution in [0, 0.1) is 0 Å². The number of furan rings is 1. The minimum absolute atomic E-state index is 0.931. The first-order chi connectivity index (χ1) is 24.7. The van der Waals surface area contributed by atoms with Gasteiger partial charge in [0.15, 0.2) is 0 Å². The number of benzene rings is 9. The van der Waals surface area contributed by atoms with Gasteiger partial charge in [-0.2, -0.15) is 0 Å². The molecule has 0 fully saturated rings. The molecule has 0 aliphatic rings. The van der Waals surface area contributed by atoms with E-state index in [1.165, 1.54) is 76.1 Å². The standard InChI is InChI=1S/C49H34O/c1-3-12-35-33(4-2)36-13-5-8-17-40(36)46-29-32(25-26-41(35)46)30-21-23-31(24-22-30)34-19-11-20-44-45-28-27-43-39-16-7-6-14-37(39)38-15-9-10-18-42(38)47(43)49(45)50-48(34)44/h3,5-29H,4H2,1-2H3/b12-3-. The molecule has 0 saturated carbocycles. The van der Waals surface area contributed by atoms with Crippen LogP contribution in [-0.4, -0.2) is 0 Å². The number of allylic oxidation sites excluding steroid dienone is 1. The third kappa shape index (κ3) is 4.13. The van der Waals surface area contributed by atoms with Gasteiger partial charge in [-0.15, -0.1) is 0 Å². The van der Waals surface area contributed by atoms with Crippen LogP contribution in [0.1, 0.15) is 25.0 Å². The third-order valence-electron chi connectivity index (χ3n) is 10.8. The van der Waals surface area contributed by atoms with Crippen molar-refractivity contribution in [2.45, 2.75) is 20.3 Å². The van der Waals surface area contributed by atoms with Crippen LogP contribution in [0.2, 0.25) is 0 Å². The monoisotopic (exact) mass is 638 g/mol. The van der Waals surface area contributed by atoms with Crippen LogP contribution in [0.4, 0.5) is 0 Å². The molecule has 236 valence electrons. The Hall–Kier alpha value is -6.18. The van der Waals surface area contributed by atoms with E-state index in [0.717, 1.165) is 39.5 Å². The molecule has 0 bridgehead atoms. The van der Waals surface area contributed by atoms with E-state index in [1.807, 2.05) is 0 Å². The molecule has 0 radical (unpaired) electrons. The summed E-state index contributed by atoms with van der Waals surface area (Å²) < 4.78 is 6.96. The Kier molecular flexibility index (Phi) is 6.44. The predicted octanol–water partition coefficient (Wildman–Crippen LogP) is 14.3. The summed E-state index contributed by atoms with van der Waals surface area (Å²) in [7, 11) is 0. The Balaban J connectivity index is 1.13. The first-order valence-electron chi connectivity index (χ1n) is 17.6. The molecule has 1 aromatic heterocycles. The molecule has 0 N–H and O–H groups in total. The minimum Gasteiger partial charge on any atom is -0.455 e. The van der Waals surface area contributed by atoms with Crippen molar-refractivity contribution in [2.24, 2.45) is 0 Å². The lowest BCUT2D eigenvalue weighted by Crippen LogP contribution is -1.93. The van der Waals surface area contributed by atoms with Gasteiger partial charge in [0.05, 0.1) is 0 Å². The maximum Gasteiger partial charge on any atom is 0.143 e. The molecule has 10 rings (SSSR count). The smallest absolute Gasteiger partial charge is 0.143 e. The van der Waals surface area contributed by atoms with Gasteiger partial charge in [-0.05, 0) is 102 Å². The van der Waals surface area contributed by atoms with Gasteiger partial charge in [-0.1, -0.05) is 153 Å². The third-order valence-corrected chi connectivity index (χ3v) is 10.8. The Morgan fingerprint density at radius 2 is 0.960 bits per heavy atom. The van der Waals surface area contributed by atoms with Crippen molar-refractivity contribution in [3.63, 3.8) is 0 Å². The van der Waals surface area contributed by atoms with Crippen molar-refractivity contribution in [1.29, 1.82) is 0 Å². The molecule has 9 aromatic carbocycles. The van der Waals surface area contributed by atoms with Crippen molar-refractivity contribution >= 4 is 81.9 Å². The fraction of sp³-hybridized carbons (Fsp3) is 0.0612. The van der Waals surface area contributed by atoms with Gasteiger partial charge in [0.1, 0.15) is 11.2 Å². The maximum atomic E-state index is 6.96. The first-order valence-corrected chi connectivity index (χ1v) is 17.6. The topological polar surface area (TPSA) is 13.1 Å². The zero-order valence-electron chi connectivity index (χ0n) is 28.1. The van der Waals surface area contributed by atoms with Crippen LogP contribution in [0.5, 0.6) is 0 Å². The molecule has 50 heavy (non-hydrogen) atoms. The van der Waals surface area contributed by atoms with Crippen LogP contribution in [0.25, 0.3) is 104 Å². The average Bonchev–Trinajstić information content (AvgIpc) is 3.57. The fourth-order valence-electron chi connectivity index (χ4n) is 8.52. The van der Waals surface area contributed by atoms with E-state index in [0.29, 0.717) is 0 Å². The van der Waals surface area contributed by atoms with E-state index in [4.69, 9.17) is 4.42 Å². The van der Waals surface area contributed by atoms with Gasteiger partial charge in [0.25, 0.3) is 0 Å². The number of rotatable bonds is 4. The summed E-state index contributed by atoms with van der Waals surface area (Å²) in [6.07, 6.45) is 5.43. The van der Waals surface area contributed by atoms with Crippen LogP contribution in [0.3, 0.4) is 0 Å². The fourth-order valence-corrected chi connectivity index (χ4v) is 8.52. The number of hydrogen-bond acceptors (Lipinski definition) is 1. The van der Waals surface area contributed by atoms with E-state index in [9.17, 15) is 0 Å². The van der Waals surface area contributed by atoms with E-state index in [1.54, 1.807) is 0 Å². The van der Waals surface area contributed by atoms with Gasteiger partial charge < -0.3 is 4.42 Å². The number of aryl methyl sites for hydroxylation is 1. The molecule has 0 aliphatic heterocycles. The molecule has 1 heterocycles. The summed E-state index contributed by atoms with van der Waals surface area (Å²) in [4.78, 5) is 0. The second kappa shape index (κ2) is 11.2. The van der Waals surface area contributed by atoms with Gasteiger partial charge in [0, 0.05) is 21.7 Å². The molecule has 10 aromatic rings. The SMILES string of the molecule is C/C=C\c1c(CC)c2ccccc2c2cc(-c3ccc(-c4cccc5c4oc4c5ccc5c6ccccc6c6ccccc6c54)cc3)ccc12. The van der Waals surface area contributed by atoms with E-state index >= 15 is 0 Å². The van der Waals surface area contributed by atoms with E-state index < -0.39 is 0 Å². The Morgan fingerprint density at radius 3 is 1.66 bits per heavy atom. The maximum absolute atomic E-state index is 6.96. The number of para-hydroxylation sites is 1. The minimum atomic E-state index is 0.931. The second-order valence-corrected chi connectivity index (χ2v) is 13.4. The Morgan fingerprint density at radius 1 is 0.440 bits per heavy atom. The van der Waals surface area contributed by atoms with E-state index in [2.05, 4.69) is 172 Å². The second-order valence-electron chi connectivity index (χ2n) is 13.4. The lowest BCUT2D eigenvalue weighted by atomic mass is 9.88. The zero-order chi connectivity index (χ0) is 33.3. The molecular formula is C49H34O. The van der Waals surface area contributed by atoms with Crippen LogP contribution in [-0.2, 0) is 6.42 Å². The highest BCUT2D eigenvalue weighted by Gasteiger charge is 2.18. The Bertz CT molecular complexity index is 2970. The predicted molar refractivity (Wildman–Crippen MR) is 216 cm³/mol. The summed E-state index contributed by atoms with van der Waals surface area (Å²) in [6.45, 7) is 4.36. The van der Waals surface area contributed by atoms with E-state index in [-0.39, 0.29) is 0 Å². The van der Waals surface area contributed by atoms with Crippen molar-refractivity contribution in [3.8, 4) is 22.3 Å². The summed E-state index contributed by atoms with van der Waals surface area (Å²) in [5.74, 6) is 0. The molecule has 0 amide bonds. The van der Waals surface area contributed by atoms with Crippen LogP contribution >= 0.6 is 0 Å². The van der Waals surface area contributed by atoms with Crippen molar-refractivity contribution in [3.05, 3.63) is 163 Å². The highest BCUT2D eigenvalue weighted by Crippen LogP contribution is 2.44. The summed E-state index contributed by atoms with van der Waals surface area (Å²) in [6, 6.07) is 53.3. The summed E-state index contributed by atoms with van der Waals surface area (Å²) >= 11 is 0. The number of hydrogen-bond donors (Lipinski definition) is 0. The molecule has 1 nitrogen and oxygen atoms in total. The van der Waals surface area contributed by atoms with Crippen molar-refractivity contribution < 1.29 is 4.42 Å². The van der Waals surface area contributed by atoms with Crippen molar-refractivity contribution in [1.82, 2.24) is 0 Å². The molecule has 0 spiro atoms. The lowest BCUT2D eigenvalue weighted by molar-refractivity contribution is 0.674. The summed E-state index contributed by atoms with van der Waals surface area (Å²) in [5, 5.41) is 15.0. The first kappa shape index (κ1) is 28.8.